The maximum atomic E-state index is 14.0. The predicted molar refractivity (Wildman–Crippen MR) is 107 cm³/mol. The van der Waals surface area contributed by atoms with Crippen molar-refractivity contribution in [1.29, 1.82) is 0 Å². The second kappa shape index (κ2) is 8.22. The Morgan fingerprint density at radius 1 is 1.10 bits per heavy atom. The van der Waals surface area contributed by atoms with Gasteiger partial charge in [0.1, 0.15) is 6.61 Å². The van der Waals surface area contributed by atoms with Crippen LogP contribution in [0.15, 0.2) is 71.1 Å². The average Bonchev–Trinajstić information content (AvgIpc) is 2.74. The van der Waals surface area contributed by atoms with Gasteiger partial charge in [-0.2, -0.15) is 0 Å². The minimum absolute atomic E-state index is 0.0702. The third kappa shape index (κ3) is 3.77. The average molecular weight is 409 g/mol. The SMILES string of the molecule is CC1=C(C(=O)OCc2ccccc2)C(c2ccc(F)c(F)c2)C2=C(CCCC2=O)N1. The molecule has 1 aliphatic carbocycles. The molecule has 1 N–H and O–H groups in total. The molecule has 0 spiro atoms. The lowest BCUT2D eigenvalue weighted by Crippen LogP contribution is -2.34. The number of ether oxygens (including phenoxy) is 1. The number of carbonyl (C=O) groups is 2. The standard InChI is InChI=1S/C24H21F2NO3/c1-14-21(24(29)30-13-15-6-3-2-4-7-15)22(16-10-11-17(25)18(26)12-16)23-19(27-14)8-5-9-20(23)28/h2-4,6-7,10-12,22,27H,5,8-9,13H2,1H3. The van der Waals surface area contributed by atoms with Crippen LogP contribution in [0.5, 0.6) is 0 Å². The fourth-order valence-corrected chi connectivity index (χ4v) is 4.08. The van der Waals surface area contributed by atoms with Crippen molar-refractivity contribution in [1.82, 2.24) is 5.32 Å². The first-order valence-electron chi connectivity index (χ1n) is 9.85. The Morgan fingerprint density at radius 3 is 2.60 bits per heavy atom. The van der Waals surface area contributed by atoms with Crippen LogP contribution in [-0.4, -0.2) is 11.8 Å². The first-order valence-corrected chi connectivity index (χ1v) is 9.85. The van der Waals surface area contributed by atoms with Crippen LogP contribution in [0.4, 0.5) is 8.78 Å². The number of esters is 1. The lowest BCUT2D eigenvalue weighted by molar-refractivity contribution is -0.140. The Morgan fingerprint density at radius 2 is 1.87 bits per heavy atom. The van der Waals surface area contributed by atoms with Crippen LogP contribution >= 0.6 is 0 Å². The number of hydrogen-bond donors (Lipinski definition) is 1. The summed E-state index contributed by atoms with van der Waals surface area (Å²) in [4.78, 5) is 25.9. The van der Waals surface area contributed by atoms with E-state index in [0.29, 0.717) is 36.1 Å². The molecule has 2 aromatic carbocycles. The first kappa shape index (κ1) is 20.0. The Kier molecular flexibility index (Phi) is 5.48. The summed E-state index contributed by atoms with van der Waals surface area (Å²) in [5.41, 5.74) is 3.14. The number of carbonyl (C=O) groups excluding carboxylic acids is 2. The summed E-state index contributed by atoms with van der Waals surface area (Å²) in [6.45, 7) is 1.80. The van der Waals surface area contributed by atoms with E-state index >= 15 is 0 Å². The molecule has 0 fully saturated rings. The molecule has 1 aliphatic heterocycles. The molecule has 0 saturated carbocycles. The summed E-state index contributed by atoms with van der Waals surface area (Å²) in [5, 5.41) is 3.17. The van der Waals surface area contributed by atoms with Gasteiger partial charge >= 0.3 is 5.97 Å². The highest BCUT2D eigenvalue weighted by Gasteiger charge is 2.39. The summed E-state index contributed by atoms with van der Waals surface area (Å²) >= 11 is 0. The molecule has 1 atom stereocenters. The van der Waals surface area contributed by atoms with Crippen molar-refractivity contribution in [3.8, 4) is 0 Å². The second-order valence-corrected chi connectivity index (χ2v) is 7.50. The molecular weight excluding hydrogens is 388 g/mol. The van der Waals surface area contributed by atoms with Gasteiger partial charge in [-0.3, -0.25) is 4.79 Å². The number of halogens is 2. The third-order valence-corrected chi connectivity index (χ3v) is 5.49. The molecule has 154 valence electrons. The smallest absolute Gasteiger partial charge is 0.337 e. The van der Waals surface area contributed by atoms with E-state index in [-0.39, 0.29) is 18.0 Å². The summed E-state index contributed by atoms with van der Waals surface area (Å²) in [6.07, 6.45) is 1.72. The van der Waals surface area contributed by atoms with Gasteiger partial charge in [0.2, 0.25) is 0 Å². The van der Waals surface area contributed by atoms with Crippen LogP contribution in [-0.2, 0) is 20.9 Å². The molecule has 6 heteroatoms. The molecule has 4 rings (SSSR count). The van der Waals surface area contributed by atoms with Crippen LogP contribution in [0, 0.1) is 11.6 Å². The second-order valence-electron chi connectivity index (χ2n) is 7.50. The molecule has 1 heterocycles. The molecule has 1 unspecified atom stereocenters. The topological polar surface area (TPSA) is 55.4 Å². The number of ketones is 1. The van der Waals surface area contributed by atoms with Gasteiger partial charge in [0, 0.05) is 29.3 Å². The van der Waals surface area contributed by atoms with Gasteiger partial charge in [0.15, 0.2) is 17.4 Å². The summed E-state index contributed by atoms with van der Waals surface area (Å²) in [7, 11) is 0. The van der Waals surface area contributed by atoms with Crippen molar-refractivity contribution in [2.75, 3.05) is 0 Å². The Bertz CT molecular complexity index is 1070. The zero-order chi connectivity index (χ0) is 21.3. The van der Waals surface area contributed by atoms with Gasteiger partial charge in [-0.1, -0.05) is 36.4 Å². The number of Topliss-reactive ketones (excluding diaryl/α,β-unsaturated/α-hetero) is 1. The number of hydrogen-bond acceptors (Lipinski definition) is 4. The van der Waals surface area contributed by atoms with E-state index in [2.05, 4.69) is 5.32 Å². The fourth-order valence-electron chi connectivity index (χ4n) is 4.08. The van der Waals surface area contributed by atoms with Gasteiger partial charge in [0.25, 0.3) is 0 Å². The molecule has 0 amide bonds. The molecule has 0 aromatic heterocycles. The highest BCUT2D eigenvalue weighted by Crippen LogP contribution is 2.42. The zero-order valence-corrected chi connectivity index (χ0v) is 16.5. The van der Waals surface area contributed by atoms with Gasteiger partial charge in [-0.15, -0.1) is 0 Å². The molecule has 2 aromatic rings. The minimum atomic E-state index is -1.02. The summed E-state index contributed by atoms with van der Waals surface area (Å²) < 4.78 is 33.1. The van der Waals surface area contributed by atoms with Crippen LogP contribution in [0.25, 0.3) is 0 Å². The van der Waals surface area contributed by atoms with Crippen LogP contribution in [0.1, 0.15) is 43.2 Å². The van der Waals surface area contributed by atoms with Crippen LogP contribution < -0.4 is 5.32 Å². The third-order valence-electron chi connectivity index (χ3n) is 5.49. The maximum absolute atomic E-state index is 14.0. The van der Waals surface area contributed by atoms with Crippen LogP contribution in [0.2, 0.25) is 0 Å². The van der Waals surface area contributed by atoms with Crippen molar-refractivity contribution >= 4 is 11.8 Å². The number of benzene rings is 2. The first-order chi connectivity index (χ1) is 14.5. The number of dihydropyridines is 1. The van der Waals surface area contributed by atoms with E-state index in [9.17, 15) is 18.4 Å². The van der Waals surface area contributed by atoms with Crippen molar-refractivity contribution in [2.45, 2.75) is 38.7 Å². The van der Waals surface area contributed by atoms with E-state index in [1.807, 2.05) is 30.3 Å². The molecule has 4 nitrogen and oxygen atoms in total. The summed E-state index contributed by atoms with van der Waals surface area (Å²) in [5.74, 6) is -3.49. The molecule has 2 aliphatic rings. The van der Waals surface area contributed by atoms with E-state index in [0.717, 1.165) is 23.4 Å². The highest BCUT2D eigenvalue weighted by molar-refractivity contribution is 6.03. The Hall–Kier alpha value is -3.28. The molecule has 0 saturated heterocycles. The predicted octanol–water partition coefficient (Wildman–Crippen LogP) is 4.68. The van der Waals surface area contributed by atoms with Crippen LogP contribution in [0.3, 0.4) is 0 Å². The fraction of sp³-hybridized carbons (Fsp3) is 0.250. The maximum Gasteiger partial charge on any atom is 0.337 e. The summed E-state index contributed by atoms with van der Waals surface area (Å²) in [6, 6.07) is 12.7. The molecular formula is C24H21F2NO3. The van der Waals surface area contributed by atoms with Crippen molar-refractivity contribution in [3.63, 3.8) is 0 Å². The Balaban J connectivity index is 1.73. The number of allylic oxidation sites excluding steroid dienone is 3. The van der Waals surface area contributed by atoms with Gasteiger partial charge in [-0.05, 0) is 43.0 Å². The van der Waals surface area contributed by atoms with Crippen molar-refractivity contribution in [3.05, 3.63) is 93.8 Å². The quantitative estimate of drug-likeness (QED) is 0.746. The highest BCUT2D eigenvalue weighted by atomic mass is 19.2. The van der Waals surface area contributed by atoms with E-state index in [1.54, 1.807) is 6.92 Å². The monoisotopic (exact) mass is 409 g/mol. The van der Waals surface area contributed by atoms with Gasteiger partial charge in [-0.25, -0.2) is 13.6 Å². The lowest BCUT2D eigenvalue weighted by atomic mass is 9.75. The number of nitrogens with one attached hydrogen (secondary N) is 1. The molecule has 0 bridgehead atoms. The number of rotatable bonds is 4. The van der Waals surface area contributed by atoms with Gasteiger partial charge < -0.3 is 10.1 Å². The molecule has 0 radical (unpaired) electrons. The van der Waals surface area contributed by atoms with E-state index in [4.69, 9.17) is 4.74 Å². The van der Waals surface area contributed by atoms with E-state index < -0.39 is 23.5 Å². The van der Waals surface area contributed by atoms with E-state index in [1.165, 1.54) is 6.07 Å². The van der Waals surface area contributed by atoms with Crippen molar-refractivity contribution in [2.24, 2.45) is 0 Å². The lowest BCUT2D eigenvalue weighted by Gasteiger charge is -2.34. The zero-order valence-electron chi connectivity index (χ0n) is 16.5. The molecule has 30 heavy (non-hydrogen) atoms. The van der Waals surface area contributed by atoms with Crippen molar-refractivity contribution < 1.29 is 23.1 Å². The minimum Gasteiger partial charge on any atom is -0.457 e. The van der Waals surface area contributed by atoms with Gasteiger partial charge in [0.05, 0.1) is 5.57 Å². The normalized spacial score (nSPS) is 18.8. The Labute approximate surface area is 173 Å². The largest absolute Gasteiger partial charge is 0.457 e.